The van der Waals surface area contributed by atoms with Crippen LogP contribution < -0.4 is 0 Å². The molecule has 0 amide bonds. The van der Waals surface area contributed by atoms with Crippen LogP contribution in [0.4, 0.5) is 0 Å². The maximum absolute atomic E-state index is 9.30. The largest absolute Gasteiger partial charge is 0.436 e. The molecule has 0 aliphatic carbocycles. The van der Waals surface area contributed by atoms with Crippen molar-refractivity contribution >= 4 is 54.1 Å². The van der Waals surface area contributed by atoms with Crippen LogP contribution in [0.1, 0.15) is 0 Å². The summed E-state index contributed by atoms with van der Waals surface area (Å²) in [5.74, 6) is 0. The van der Waals surface area contributed by atoms with Crippen LogP contribution in [-0.2, 0) is 4.12 Å². The summed E-state index contributed by atoms with van der Waals surface area (Å²) in [7, 11) is -3.71. The number of hydrogen-bond donors (Lipinski definition) is 1. The minimum Gasteiger partial charge on any atom is -0.436 e. The summed E-state index contributed by atoms with van der Waals surface area (Å²) in [5, 5.41) is 0. The molecule has 0 heterocycles. The zero-order valence-corrected chi connectivity index (χ0v) is 13.9. The first-order valence-corrected chi connectivity index (χ1v) is 15.8. The zero-order valence-electron chi connectivity index (χ0n) is 7.61. The predicted octanol–water partition coefficient (Wildman–Crippen LogP) is 3.30. The lowest BCUT2D eigenvalue weighted by atomic mass is 11.8. The summed E-state index contributed by atoms with van der Waals surface area (Å²) in [6.45, 7) is 9.84. The molecular formula is C5H16I2O2Si2. The van der Waals surface area contributed by atoms with Crippen molar-refractivity contribution in [3.8, 4) is 0 Å². The molecule has 0 unspecified atom stereocenters. The van der Waals surface area contributed by atoms with Crippen molar-refractivity contribution < 1.29 is 8.91 Å². The molecular weight excluding hydrogens is 402 g/mol. The van der Waals surface area contributed by atoms with E-state index in [0.717, 1.165) is 0 Å². The lowest BCUT2D eigenvalue weighted by Crippen LogP contribution is -2.42. The van der Waals surface area contributed by atoms with Crippen LogP contribution in [0.15, 0.2) is 0 Å². The molecule has 0 aromatic heterocycles. The zero-order chi connectivity index (χ0) is 9.71. The van der Waals surface area contributed by atoms with Crippen molar-refractivity contribution in [3.05, 3.63) is 0 Å². The first-order valence-electron chi connectivity index (χ1n) is 3.27. The highest BCUT2D eigenvalue weighted by atomic mass is 128. The molecule has 0 rings (SSSR count). The fourth-order valence-corrected chi connectivity index (χ4v) is 6.74. The second kappa shape index (κ2) is 6.30. The summed E-state index contributed by atoms with van der Waals surface area (Å²) in [4.78, 5) is 9.30. The van der Waals surface area contributed by atoms with Crippen LogP contribution in [0.5, 0.6) is 0 Å². The van der Waals surface area contributed by atoms with Crippen molar-refractivity contribution in [2.24, 2.45) is 0 Å². The first kappa shape index (κ1) is 15.3. The van der Waals surface area contributed by atoms with E-state index in [2.05, 4.69) is 56.9 Å². The SMILES string of the molecule is C[Si](C)(C)O[Si](C)(C)O.II. The van der Waals surface area contributed by atoms with Gasteiger partial charge in [0.2, 0.25) is 0 Å². The molecule has 0 atom stereocenters. The smallest absolute Gasteiger partial charge is 0.318 e. The fourth-order valence-electron chi connectivity index (χ4n) is 0.749. The second-order valence-corrected chi connectivity index (χ2v) is 11.6. The van der Waals surface area contributed by atoms with E-state index in [1.165, 1.54) is 0 Å². The van der Waals surface area contributed by atoms with Crippen LogP contribution in [0.25, 0.3) is 0 Å². The first-order chi connectivity index (χ1) is 4.71. The third-order valence-corrected chi connectivity index (χ3v) is 5.00. The minimum atomic E-state index is -2.23. The molecule has 0 fully saturated rings. The third kappa shape index (κ3) is 18.6. The van der Waals surface area contributed by atoms with Gasteiger partial charge < -0.3 is 8.91 Å². The van der Waals surface area contributed by atoms with Gasteiger partial charge in [0, 0.05) is 37.2 Å². The Morgan fingerprint density at radius 3 is 1.27 bits per heavy atom. The maximum atomic E-state index is 9.30. The highest BCUT2D eigenvalue weighted by Gasteiger charge is 2.27. The molecule has 6 heteroatoms. The van der Waals surface area contributed by atoms with Crippen molar-refractivity contribution in [1.29, 1.82) is 0 Å². The summed E-state index contributed by atoms with van der Waals surface area (Å²) in [6.07, 6.45) is 0. The standard InChI is InChI=1S/C5H16O2Si2.I2/c1-8(2,3)7-9(4,5)6;1-2/h6H,1-5H3;. The minimum absolute atomic E-state index is 1.48. The normalized spacial score (nSPS) is 12.0. The highest BCUT2D eigenvalue weighted by Crippen LogP contribution is 2.10. The Bertz CT molecular complexity index is 85.6. The van der Waals surface area contributed by atoms with Crippen LogP contribution in [0.2, 0.25) is 32.7 Å². The maximum Gasteiger partial charge on any atom is 0.318 e. The van der Waals surface area contributed by atoms with E-state index in [9.17, 15) is 4.80 Å². The van der Waals surface area contributed by atoms with Crippen LogP contribution >= 0.6 is 37.2 Å². The van der Waals surface area contributed by atoms with E-state index in [1.54, 1.807) is 13.1 Å². The molecule has 0 bridgehead atoms. The molecule has 0 saturated carbocycles. The lowest BCUT2D eigenvalue weighted by Gasteiger charge is -2.25. The molecule has 70 valence electrons. The molecule has 0 aromatic rings. The number of rotatable bonds is 2. The van der Waals surface area contributed by atoms with Gasteiger partial charge in [-0.15, -0.1) is 0 Å². The summed E-state index contributed by atoms with van der Waals surface area (Å²) in [5.41, 5.74) is 0. The van der Waals surface area contributed by atoms with E-state index in [0.29, 0.717) is 0 Å². The van der Waals surface area contributed by atoms with Crippen molar-refractivity contribution in [3.63, 3.8) is 0 Å². The van der Waals surface area contributed by atoms with Gasteiger partial charge in [-0.2, -0.15) is 0 Å². The molecule has 2 nitrogen and oxygen atoms in total. The Labute approximate surface area is 94.8 Å². The van der Waals surface area contributed by atoms with Crippen molar-refractivity contribution in [2.75, 3.05) is 0 Å². The van der Waals surface area contributed by atoms with Gasteiger partial charge in [-0.05, 0) is 32.7 Å². The number of halogens is 2. The van der Waals surface area contributed by atoms with Crippen LogP contribution in [0.3, 0.4) is 0 Å². The van der Waals surface area contributed by atoms with Crippen LogP contribution in [0, 0.1) is 0 Å². The number of hydrogen-bond acceptors (Lipinski definition) is 2. The van der Waals surface area contributed by atoms with E-state index in [-0.39, 0.29) is 0 Å². The van der Waals surface area contributed by atoms with Gasteiger partial charge in [-0.1, -0.05) is 0 Å². The fraction of sp³-hybridized carbons (Fsp3) is 1.00. The van der Waals surface area contributed by atoms with E-state index in [1.807, 2.05) is 0 Å². The topological polar surface area (TPSA) is 29.5 Å². The van der Waals surface area contributed by atoms with E-state index < -0.39 is 16.9 Å². The Morgan fingerprint density at radius 2 is 1.27 bits per heavy atom. The van der Waals surface area contributed by atoms with Gasteiger partial charge in [0.1, 0.15) is 0 Å². The average molecular weight is 418 g/mol. The lowest BCUT2D eigenvalue weighted by molar-refractivity contribution is 0.389. The van der Waals surface area contributed by atoms with Gasteiger partial charge >= 0.3 is 8.56 Å². The molecule has 1 N–H and O–H groups in total. The molecule has 11 heavy (non-hydrogen) atoms. The molecule has 0 saturated heterocycles. The van der Waals surface area contributed by atoms with Crippen LogP contribution in [-0.4, -0.2) is 21.7 Å². The predicted molar refractivity (Wildman–Crippen MR) is 72.2 cm³/mol. The summed E-state index contributed by atoms with van der Waals surface area (Å²) < 4.78 is 5.46. The molecule has 0 aromatic carbocycles. The Hall–Kier alpha value is 1.81. The van der Waals surface area contributed by atoms with Crippen molar-refractivity contribution in [2.45, 2.75) is 32.7 Å². The average Bonchev–Trinajstić information content (AvgIpc) is 1.60. The van der Waals surface area contributed by atoms with Gasteiger partial charge in [-0.3, -0.25) is 0 Å². The van der Waals surface area contributed by atoms with Gasteiger partial charge in [-0.25, -0.2) is 0 Å². The molecule has 0 spiro atoms. The van der Waals surface area contributed by atoms with Gasteiger partial charge in [0.15, 0.2) is 8.32 Å². The molecule has 0 aliphatic rings. The monoisotopic (exact) mass is 418 g/mol. The third-order valence-electron chi connectivity index (χ3n) is 0.556. The summed E-state index contributed by atoms with van der Waals surface area (Å²) in [6, 6.07) is 0. The quantitative estimate of drug-likeness (QED) is 0.551. The highest BCUT2D eigenvalue weighted by molar-refractivity contribution is 15.0. The van der Waals surface area contributed by atoms with E-state index in [4.69, 9.17) is 4.12 Å². The molecule has 0 aliphatic heterocycles. The second-order valence-electron chi connectivity index (χ2n) is 3.66. The van der Waals surface area contributed by atoms with Gasteiger partial charge in [0.25, 0.3) is 0 Å². The van der Waals surface area contributed by atoms with Gasteiger partial charge in [0.05, 0.1) is 0 Å². The Balaban J connectivity index is 0. The summed E-state index contributed by atoms with van der Waals surface area (Å²) >= 11 is 4.24. The Morgan fingerprint density at radius 1 is 1.00 bits per heavy atom. The Kier molecular flexibility index (Phi) is 8.75. The molecule has 0 radical (unpaired) electrons. The van der Waals surface area contributed by atoms with Crippen molar-refractivity contribution in [1.82, 2.24) is 0 Å². The van der Waals surface area contributed by atoms with E-state index >= 15 is 0 Å².